The third-order valence-electron chi connectivity index (χ3n) is 4.94. The number of aryl methyl sites for hydroxylation is 1. The summed E-state index contributed by atoms with van der Waals surface area (Å²) in [6.45, 7) is 7.00. The molecule has 0 unspecified atom stereocenters. The molecule has 0 atom stereocenters. The number of halogens is 3. The van der Waals surface area contributed by atoms with Gasteiger partial charge in [0, 0.05) is 17.9 Å². The van der Waals surface area contributed by atoms with E-state index in [0.717, 1.165) is 42.0 Å². The molecule has 0 saturated carbocycles. The van der Waals surface area contributed by atoms with E-state index in [4.69, 9.17) is 0 Å². The monoisotopic (exact) mass is 357 g/mol. The van der Waals surface area contributed by atoms with Gasteiger partial charge in [0.05, 0.1) is 5.56 Å². The number of hydrogen-bond acceptors (Lipinski definition) is 0. The van der Waals surface area contributed by atoms with Crippen molar-refractivity contribution in [1.29, 1.82) is 0 Å². The normalized spacial score (nSPS) is 11.8. The highest BCUT2D eigenvalue weighted by Crippen LogP contribution is 2.32. The van der Waals surface area contributed by atoms with E-state index in [0.29, 0.717) is 0 Å². The molecule has 0 spiro atoms. The van der Waals surface area contributed by atoms with Gasteiger partial charge in [0.1, 0.15) is 0 Å². The molecular weight excluding hydrogens is 335 g/mol. The second kappa shape index (κ2) is 7.02. The first-order chi connectivity index (χ1) is 12.3. The minimum Gasteiger partial charge on any atom is -0.345 e. The lowest BCUT2D eigenvalue weighted by Crippen LogP contribution is -2.04. The van der Waals surface area contributed by atoms with Crippen molar-refractivity contribution >= 4 is 0 Å². The van der Waals surface area contributed by atoms with Crippen LogP contribution in [0.1, 0.15) is 34.9 Å². The van der Waals surface area contributed by atoms with Gasteiger partial charge in [0.15, 0.2) is 0 Å². The molecular formula is C22H22F3N. The molecule has 0 radical (unpaired) electrons. The van der Waals surface area contributed by atoms with Crippen molar-refractivity contribution < 1.29 is 13.2 Å². The van der Waals surface area contributed by atoms with Gasteiger partial charge in [-0.3, -0.25) is 0 Å². The maximum absolute atomic E-state index is 12.8. The van der Waals surface area contributed by atoms with Crippen molar-refractivity contribution in [3.63, 3.8) is 0 Å². The smallest absolute Gasteiger partial charge is 0.345 e. The maximum atomic E-state index is 12.8. The summed E-state index contributed by atoms with van der Waals surface area (Å²) < 4.78 is 40.6. The summed E-state index contributed by atoms with van der Waals surface area (Å²) in [5, 5.41) is 0. The van der Waals surface area contributed by atoms with Crippen molar-refractivity contribution in [1.82, 2.24) is 4.57 Å². The van der Waals surface area contributed by atoms with Crippen LogP contribution in [-0.4, -0.2) is 4.57 Å². The van der Waals surface area contributed by atoms with E-state index in [2.05, 4.69) is 43.5 Å². The fourth-order valence-electron chi connectivity index (χ4n) is 3.37. The van der Waals surface area contributed by atoms with E-state index in [1.807, 2.05) is 12.1 Å². The second-order valence-corrected chi connectivity index (χ2v) is 6.56. The Morgan fingerprint density at radius 3 is 2.12 bits per heavy atom. The molecule has 1 aromatic heterocycles. The number of rotatable bonds is 4. The Morgan fingerprint density at radius 1 is 0.885 bits per heavy atom. The summed E-state index contributed by atoms with van der Waals surface area (Å²) in [7, 11) is 0. The van der Waals surface area contributed by atoms with Crippen LogP contribution in [0.5, 0.6) is 0 Å². The SMILES string of the molecule is CCn1c(-c2ccc(C(F)(F)F)cc2)cc(Cc2ccccc2C)c1C. The van der Waals surface area contributed by atoms with Crippen LogP contribution in [0, 0.1) is 13.8 Å². The van der Waals surface area contributed by atoms with Gasteiger partial charge in [-0.15, -0.1) is 0 Å². The predicted molar refractivity (Wildman–Crippen MR) is 99.3 cm³/mol. The Kier molecular flexibility index (Phi) is 4.94. The Balaban J connectivity index is 1.99. The quantitative estimate of drug-likeness (QED) is 0.509. The molecule has 1 nitrogen and oxygen atoms in total. The molecule has 4 heteroatoms. The topological polar surface area (TPSA) is 4.93 Å². The minimum atomic E-state index is -4.31. The third-order valence-corrected chi connectivity index (χ3v) is 4.94. The number of aromatic nitrogens is 1. The first-order valence-electron chi connectivity index (χ1n) is 8.72. The van der Waals surface area contributed by atoms with Gasteiger partial charge in [0.2, 0.25) is 0 Å². The molecule has 0 bridgehead atoms. The Bertz CT molecular complexity index is 902. The number of hydrogen-bond donors (Lipinski definition) is 0. The van der Waals surface area contributed by atoms with Crippen LogP contribution in [0.15, 0.2) is 54.6 Å². The van der Waals surface area contributed by atoms with Crippen molar-refractivity contribution in [3.05, 3.63) is 82.5 Å². The average molecular weight is 357 g/mol. The largest absolute Gasteiger partial charge is 0.416 e. The van der Waals surface area contributed by atoms with Crippen LogP contribution in [0.4, 0.5) is 13.2 Å². The standard InChI is InChI=1S/C22H22F3N/c1-4-26-16(3)19(13-18-8-6-5-7-15(18)2)14-21(26)17-9-11-20(12-10-17)22(23,24)25/h5-12,14H,4,13H2,1-3H3. The van der Waals surface area contributed by atoms with Crippen LogP contribution >= 0.6 is 0 Å². The average Bonchev–Trinajstić information content (AvgIpc) is 2.92. The maximum Gasteiger partial charge on any atom is 0.416 e. The van der Waals surface area contributed by atoms with Crippen molar-refractivity contribution in [2.45, 2.75) is 39.9 Å². The van der Waals surface area contributed by atoms with Crippen LogP contribution in [-0.2, 0) is 19.1 Å². The molecule has 1 heterocycles. The highest BCUT2D eigenvalue weighted by Gasteiger charge is 2.30. The van der Waals surface area contributed by atoms with Crippen LogP contribution in [0.3, 0.4) is 0 Å². The molecule has 26 heavy (non-hydrogen) atoms. The van der Waals surface area contributed by atoms with Gasteiger partial charge in [-0.05, 0) is 67.6 Å². The number of alkyl halides is 3. The van der Waals surface area contributed by atoms with Gasteiger partial charge >= 0.3 is 6.18 Å². The summed E-state index contributed by atoms with van der Waals surface area (Å²) in [4.78, 5) is 0. The molecule has 0 N–H and O–H groups in total. The van der Waals surface area contributed by atoms with E-state index in [9.17, 15) is 13.2 Å². The lowest BCUT2D eigenvalue weighted by molar-refractivity contribution is -0.137. The zero-order chi connectivity index (χ0) is 18.9. The lowest BCUT2D eigenvalue weighted by atomic mass is 10.0. The summed E-state index contributed by atoms with van der Waals surface area (Å²) in [6.07, 6.45) is -3.49. The molecule has 136 valence electrons. The predicted octanol–water partition coefficient (Wildman–Crippen LogP) is 6.40. The van der Waals surface area contributed by atoms with Gasteiger partial charge in [0.25, 0.3) is 0 Å². The van der Waals surface area contributed by atoms with E-state index >= 15 is 0 Å². The molecule has 0 aliphatic heterocycles. The van der Waals surface area contributed by atoms with Crippen LogP contribution in [0.2, 0.25) is 0 Å². The Labute approximate surface area is 152 Å². The molecule has 0 aliphatic rings. The summed E-state index contributed by atoms with van der Waals surface area (Å²) in [5.41, 5.74) is 6.02. The summed E-state index contributed by atoms with van der Waals surface area (Å²) in [5.74, 6) is 0. The fourth-order valence-corrected chi connectivity index (χ4v) is 3.37. The van der Waals surface area contributed by atoms with Crippen LogP contribution in [0.25, 0.3) is 11.3 Å². The first kappa shape index (κ1) is 18.3. The zero-order valence-corrected chi connectivity index (χ0v) is 15.2. The zero-order valence-electron chi connectivity index (χ0n) is 15.2. The Hall–Kier alpha value is -2.49. The Morgan fingerprint density at radius 2 is 1.54 bits per heavy atom. The number of benzene rings is 2. The lowest BCUT2D eigenvalue weighted by Gasteiger charge is -2.11. The van der Waals surface area contributed by atoms with Crippen molar-refractivity contribution in [3.8, 4) is 11.3 Å². The molecule has 0 amide bonds. The highest BCUT2D eigenvalue weighted by molar-refractivity contribution is 5.63. The van der Waals surface area contributed by atoms with E-state index in [1.54, 1.807) is 12.1 Å². The van der Waals surface area contributed by atoms with Crippen molar-refractivity contribution in [2.24, 2.45) is 0 Å². The third kappa shape index (κ3) is 3.55. The number of nitrogens with zero attached hydrogens (tertiary/aromatic N) is 1. The minimum absolute atomic E-state index is 0.618. The highest BCUT2D eigenvalue weighted by atomic mass is 19.4. The fraction of sp³-hybridized carbons (Fsp3) is 0.273. The molecule has 0 fully saturated rings. The second-order valence-electron chi connectivity index (χ2n) is 6.56. The van der Waals surface area contributed by atoms with Gasteiger partial charge < -0.3 is 4.57 Å². The molecule has 0 saturated heterocycles. The van der Waals surface area contributed by atoms with Gasteiger partial charge in [-0.2, -0.15) is 13.2 Å². The van der Waals surface area contributed by atoms with E-state index in [-0.39, 0.29) is 0 Å². The van der Waals surface area contributed by atoms with Crippen molar-refractivity contribution in [2.75, 3.05) is 0 Å². The first-order valence-corrected chi connectivity index (χ1v) is 8.72. The van der Waals surface area contributed by atoms with Crippen LogP contribution < -0.4 is 0 Å². The van der Waals surface area contributed by atoms with Gasteiger partial charge in [-0.1, -0.05) is 36.4 Å². The molecule has 3 aromatic rings. The summed E-state index contributed by atoms with van der Waals surface area (Å²) >= 11 is 0. The molecule has 3 rings (SSSR count). The molecule has 2 aromatic carbocycles. The van der Waals surface area contributed by atoms with Gasteiger partial charge in [-0.25, -0.2) is 0 Å². The molecule has 0 aliphatic carbocycles. The van der Waals surface area contributed by atoms with E-state index < -0.39 is 11.7 Å². The summed E-state index contributed by atoms with van der Waals surface area (Å²) in [6, 6.07) is 15.8. The van der Waals surface area contributed by atoms with E-state index in [1.165, 1.54) is 16.7 Å².